The van der Waals surface area contributed by atoms with Crippen LogP contribution in [0.2, 0.25) is 0 Å². The van der Waals surface area contributed by atoms with Crippen LogP contribution >= 0.6 is 0 Å². The number of anilines is 1. The van der Waals surface area contributed by atoms with E-state index in [0.717, 1.165) is 29.7 Å². The topological polar surface area (TPSA) is 102 Å². The molecule has 1 fully saturated rings. The number of pyridine rings is 1. The van der Waals surface area contributed by atoms with Gasteiger partial charge in [-0.1, -0.05) is 18.2 Å². The number of fused-ring (bicyclic) bond motifs is 1. The fraction of sp³-hybridized carbons (Fsp3) is 0.348. The normalized spacial score (nSPS) is 14.9. The van der Waals surface area contributed by atoms with Gasteiger partial charge < -0.3 is 4.74 Å². The minimum absolute atomic E-state index is 0.0800. The summed E-state index contributed by atoms with van der Waals surface area (Å²) in [5.74, 6) is -0.311. The molecule has 1 aromatic carbocycles. The van der Waals surface area contributed by atoms with Crippen molar-refractivity contribution in [3.63, 3.8) is 0 Å². The summed E-state index contributed by atoms with van der Waals surface area (Å²) in [5.41, 5.74) is 4.36. The number of carbonyl (C=O) groups is 2. The predicted molar refractivity (Wildman–Crippen MR) is 118 cm³/mol. The second-order valence-corrected chi connectivity index (χ2v) is 9.81. The van der Waals surface area contributed by atoms with Crippen molar-refractivity contribution < 1.29 is 22.7 Å². The van der Waals surface area contributed by atoms with Crippen LogP contribution in [0.4, 0.5) is 5.69 Å². The summed E-state index contributed by atoms with van der Waals surface area (Å²) >= 11 is 0. The summed E-state index contributed by atoms with van der Waals surface area (Å²) < 4.78 is 31.3. The molecule has 2 aromatic rings. The van der Waals surface area contributed by atoms with E-state index in [1.165, 1.54) is 20.1 Å². The largest absolute Gasteiger partial charge is 0.465 e. The fourth-order valence-corrected chi connectivity index (χ4v) is 4.34. The highest BCUT2D eigenvalue weighted by Gasteiger charge is 2.30. The van der Waals surface area contributed by atoms with Crippen molar-refractivity contribution in [2.24, 2.45) is 5.92 Å². The van der Waals surface area contributed by atoms with Gasteiger partial charge in [0.05, 0.1) is 24.1 Å². The van der Waals surface area contributed by atoms with E-state index in [9.17, 15) is 18.0 Å². The molecule has 1 N–H and O–H groups in total. The van der Waals surface area contributed by atoms with Crippen molar-refractivity contribution in [2.45, 2.75) is 32.6 Å². The monoisotopic (exact) mass is 440 g/mol. The Balaban J connectivity index is 1.80. The van der Waals surface area contributed by atoms with Gasteiger partial charge in [0.25, 0.3) is 0 Å². The predicted octanol–water partition coefficient (Wildman–Crippen LogP) is 3.39. The SMILES string of the molecule is CCS(=O)(=O)Nc1ccc(-c2cc(CC(=O)C3CC3)nc3c2C=CC3)c(C(=O)OC)c1. The number of rotatable bonds is 8. The molecule has 31 heavy (non-hydrogen) atoms. The molecule has 1 aromatic heterocycles. The van der Waals surface area contributed by atoms with Crippen LogP contribution in [0.5, 0.6) is 0 Å². The van der Waals surface area contributed by atoms with E-state index in [4.69, 9.17) is 4.74 Å². The third-order valence-electron chi connectivity index (χ3n) is 5.54. The number of ether oxygens (including phenoxy) is 1. The molecule has 0 saturated heterocycles. The number of esters is 1. The zero-order valence-electron chi connectivity index (χ0n) is 17.5. The number of benzene rings is 1. The Morgan fingerprint density at radius 3 is 2.65 bits per heavy atom. The first-order valence-electron chi connectivity index (χ1n) is 10.3. The molecule has 1 heterocycles. The Hall–Kier alpha value is -3.00. The summed E-state index contributed by atoms with van der Waals surface area (Å²) in [4.78, 5) is 29.6. The number of hydrogen-bond donors (Lipinski definition) is 1. The Bertz CT molecular complexity index is 1200. The van der Waals surface area contributed by atoms with E-state index in [1.807, 2.05) is 18.2 Å². The van der Waals surface area contributed by atoms with Gasteiger partial charge >= 0.3 is 5.97 Å². The van der Waals surface area contributed by atoms with Crippen molar-refractivity contribution in [3.05, 3.63) is 52.9 Å². The lowest BCUT2D eigenvalue weighted by Crippen LogP contribution is -2.15. The molecular weight excluding hydrogens is 416 g/mol. The summed E-state index contributed by atoms with van der Waals surface area (Å²) in [6, 6.07) is 6.66. The highest BCUT2D eigenvalue weighted by atomic mass is 32.2. The van der Waals surface area contributed by atoms with Gasteiger partial charge in [-0.25, -0.2) is 13.2 Å². The second-order valence-electron chi connectivity index (χ2n) is 7.80. The molecule has 0 unspecified atom stereocenters. The fourth-order valence-electron chi connectivity index (χ4n) is 3.71. The van der Waals surface area contributed by atoms with Gasteiger partial charge in [-0.05, 0) is 49.1 Å². The smallest absolute Gasteiger partial charge is 0.338 e. The van der Waals surface area contributed by atoms with Crippen LogP contribution in [-0.2, 0) is 32.4 Å². The number of methoxy groups -OCH3 is 1. The van der Waals surface area contributed by atoms with E-state index >= 15 is 0 Å². The van der Waals surface area contributed by atoms with Gasteiger partial charge in [0, 0.05) is 35.7 Å². The van der Waals surface area contributed by atoms with Gasteiger partial charge in [-0.3, -0.25) is 14.5 Å². The molecule has 0 bridgehead atoms. The van der Waals surface area contributed by atoms with Crippen molar-refractivity contribution in [3.8, 4) is 11.1 Å². The quantitative estimate of drug-likeness (QED) is 0.631. The van der Waals surface area contributed by atoms with Crippen molar-refractivity contribution >= 4 is 33.5 Å². The number of hydrogen-bond acceptors (Lipinski definition) is 6. The summed E-state index contributed by atoms with van der Waals surface area (Å²) in [7, 11) is -2.21. The van der Waals surface area contributed by atoms with E-state index in [-0.39, 0.29) is 35.1 Å². The van der Waals surface area contributed by atoms with Crippen LogP contribution in [0.1, 0.15) is 47.1 Å². The Labute approximate surface area is 181 Å². The van der Waals surface area contributed by atoms with Gasteiger partial charge in [0.1, 0.15) is 5.78 Å². The van der Waals surface area contributed by atoms with Gasteiger partial charge in [-0.2, -0.15) is 0 Å². The number of allylic oxidation sites excluding steroid dienone is 1. The molecule has 0 spiro atoms. The summed E-state index contributed by atoms with van der Waals surface area (Å²) in [6.07, 6.45) is 6.77. The maximum absolute atomic E-state index is 12.6. The van der Waals surface area contributed by atoms with Crippen LogP contribution in [-0.4, -0.2) is 38.0 Å². The number of aromatic nitrogens is 1. The lowest BCUT2D eigenvalue weighted by molar-refractivity contribution is -0.119. The molecule has 0 radical (unpaired) electrons. The molecule has 1 saturated carbocycles. The lowest BCUT2D eigenvalue weighted by atomic mass is 9.93. The molecule has 162 valence electrons. The minimum atomic E-state index is -3.49. The molecule has 7 nitrogen and oxygen atoms in total. The molecule has 2 aliphatic rings. The molecule has 0 atom stereocenters. The van der Waals surface area contributed by atoms with Gasteiger partial charge in [0.2, 0.25) is 10.0 Å². The van der Waals surface area contributed by atoms with Crippen LogP contribution in [0.3, 0.4) is 0 Å². The van der Waals surface area contributed by atoms with Gasteiger partial charge in [0.15, 0.2) is 0 Å². The number of Topliss-reactive ketones (excluding diaryl/α,β-unsaturated/α-hetero) is 1. The number of nitrogens with zero attached hydrogens (tertiary/aromatic N) is 1. The Morgan fingerprint density at radius 1 is 1.19 bits per heavy atom. The van der Waals surface area contributed by atoms with Crippen molar-refractivity contribution in [2.75, 3.05) is 17.6 Å². The van der Waals surface area contributed by atoms with Crippen LogP contribution in [0.25, 0.3) is 17.2 Å². The van der Waals surface area contributed by atoms with Crippen LogP contribution < -0.4 is 4.72 Å². The number of nitrogens with one attached hydrogen (secondary N) is 1. The summed E-state index contributed by atoms with van der Waals surface area (Å²) in [6.45, 7) is 1.54. The zero-order valence-corrected chi connectivity index (χ0v) is 18.3. The third kappa shape index (κ3) is 4.54. The highest BCUT2D eigenvalue weighted by Crippen LogP contribution is 2.36. The van der Waals surface area contributed by atoms with Gasteiger partial charge in [-0.15, -0.1) is 0 Å². The van der Waals surface area contributed by atoms with E-state index < -0.39 is 16.0 Å². The van der Waals surface area contributed by atoms with Crippen molar-refractivity contribution in [1.82, 2.24) is 4.98 Å². The molecule has 2 aliphatic carbocycles. The number of sulfonamides is 1. The lowest BCUT2D eigenvalue weighted by Gasteiger charge is -2.15. The molecule has 0 aliphatic heterocycles. The average Bonchev–Trinajstić information content (AvgIpc) is 3.50. The van der Waals surface area contributed by atoms with E-state index in [2.05, 4.69) is 9.71 Å². The van der Waals surface area contributed by atoms with Crippen LogP contribution in [0.15, 0.2) is 30.3 Å². The Kier molecular flexibility index (Phi) is 5.66. The standard InChI is InChI=1S/C23H24N2O5S/c1-3-31(28,29)25-15-9-10-17(20(11-15)23(27)30-2)19-12-16(13-22(26)14-7-8-14)24-21-6-4-5-18(19)21/h4-5,9-12,14,25H,3,6-8,13H2,1-2H3. The first-order chi connectivity index (χ1) is 14.8. The maximum atomic E-state index is 12.6. The maximum Gasteiger partial charge on any atom is 0.338 e. The van der Waals surface area contributed by atoms with Crippen molar-refractivity contribution in [1.29, 1.82) is 0 Å². The Morgan fingerprint density at radius 2 is 1.97 bits per heavy atom. The average molecular weight is 441 g/mol. The molecule has 4 rings (SSSR count). The summed E-state index contributed by atoms with van der Waals surface area (Å²) in [5, 5.41) is 0. The highest BCUT2D eigenvalue weighted by molar-refractivity contribution is 7.92. The third-order valence-corrected chi connectivity index (χ3v) is 6.85. The van der Waals surface area contributed by atoms with E-state index in [0.29, 0.717) is 17.7 Å². The van der Waals surface area contributed by atoms with E-state index in [1.54, 1.807) is 12.1 Å². The molecule has 0 amide bonds. The number of ketones is 1. The van der Waals surface area contributed by atoms with Crippen LogP contribution in [0, 0.1) is 5.92 Å². The molecular formula is C23H24N2O5S. The zero-order chi connectivity index (χ0) is 22.2. The first kappa shape index (κ1) is 21.2. The first-order valence-corrected chi connectivity index (χ1v) is 11.9. The molecule has 8 heteroatoms. The number of carbonyl (C=O) groups excluding carboxylic acids is 2. The second kappa shape index (κ2) is 8.26. The minimum Gasteiger partial charge on any atom is -0.465 e.